The topological polar surface area (TPSA) is 128 Å². The second-order valence-corrected chi connectivity index (χ2v) is 4.68. The van der Waals surface area contributed by atoms with Crippen molar-refractivity contribution in [1.29, 1.82) is 5.26 Å². The van der Waals surface area contributed by atoms with Crippen molar-refractivity contribution in [2.75, 3.05) is 0 Å². The van der Waals surface area contributed by atoms with Crippen molar-refractivity contribution in [2.24, 2.45) is 14.1 Å². The number of nitrogens with one attached hydrogen (secondary N) is 1. The van der Waals surface area contributed by atoms with Gasteiger partial charge < -0.3 is 10.5 Å². The zero-order chi connectivity index (χ0) is 15.1. The number of aromatic amines is 1. The van der Waals surface area contributed by atoms with Gasteiger partial charge in [0, 0.05) is 19.7 Å². The van der Waals surface area contributed by atoms with Gasteiger partial charge in [-0.1, -0.05) is 0 Å². The Labute approximate surface area is 124 Å². The van der Waals surface area contributed by atoms with E-state index in [1.165, 1.54) is 11.6 Å². The third-order valence-corrected chi connectivity index (χ3v) is 3.38. The first-order chi connectivity index (χ1) is 10.0. The van der Waals surface area contributed by atoms with E-state index >= 15 is 0 Å². The van der Waals surface area contributed by atoms with Gasteiger partial charge in [0.05, 0.1) is 11.6 Å². The zero-order valence-corrected chi connectivity index (χ0v) is 11.9. The molecular weight excluding hydrogens is 286 g/mol. The average Bonchev–Trinajstić information content (AvgIpc) is 2.96. The van der Waals surface area contributed by atoms with Gasteiger partial charge >= 0.3 is 5.69 Å². The number of hydrogen-bond acceptors (Lipinski definition) is 4. The van der Waals surface area contributed by atoms with Gasteiger partial charge in [0.2, 0.25) is 0 Å². The van der Waals surface area contributed by atoms with Gasteiger partial charge in [0.15, 0.2) is 5.65 Å². The maximum absolute atomic E-state index is 12.1. The van der Waals surface area contributed by atoms with E-state index in [0.29, 0.717) is 17.0 Å². The summed E-state index contributed by atoms with van der Waals surface area (Å²) in [5.74, 6) is 0.479. The lowest BCUT2D eigenvalue weighted by atomic mass is 10.1. The molecule has 0 fully saturated rings. The van der Waals surface area contributed by atoms with Crippen LogP contribution in [0.4, 0.5) is 0 Å². The SMILES string of the molecule is Cn1c(=O)c2[nH]c(-c3ccc(C#N)cc3)nc2n(C)c1=O.O. The van der Waals surface area contributed by atoms with Gasteiger partial charge in [-0.3, -0.25) is 13.9 Å². The molecule has 8 heteroatoms. The van der Waals surface area contributed by atoms with Crippen LogP contribution in [0.3, 0.4) is 0 Å². The molecule has 0 aliphatic carbocycles. The molecule has 3 aromatic rings. The zero-order valence-electron chi connectivity index (χ0n) is 11.9. The van der Waals surface area contributed by atoms with Crippen LogP contribution < -0.4 is 11.2 Å². The predicted molar refractivity (Wildman–Crippen MR) is 80.3 cm³/mol. The number of benzene rings is 1. The van der Waals surface area contributed by atoms with Gasteiger partial charge in [-0.2, -0.15) is 5.26 Å². The lowest BCUT2D eigenvalue weighted by molar-refractivity contribution is 0.709. The molecule has 0 radical (unpaired) electrons. The number of H-pyrrole nitrogens is 1. The lowest BCUT2D eigenvalue weighted by Gasteiger charge is -2.00. The summed E-state index contributed by atoms with van der Waals surface area (Å²) < 4.78 is 2.35. The summed E-state index contributed by atoms with van der Waals surface area (Å²) in [4.78, 5) is 31.2. The molecule has 112 valence electrons. The molecule has 0 spiro atoms. The molecule has 0 aliphatic rings. The van der Waals surface area contributed by atoms with Crippen molar-refractivity contribution in [2.45, 2.75) is 0 Å². The van der Waals surface area contributed by atoms with Gasteiger partial charge in [0.1, 0.15) is 11.3 Å². The van der Waals surface area contributed by atoms with Crippen LogP contribution >= 0.6 is 0 Å². The molecular formula is C14H13N5O3. The Kier molecular flexibility index (Phi) is 3.67. The van der Waals surface area contributed by atoms with Crippen molar-refractivity contribution in [1.82, 2.24) is 19.1 Å². The maximum Gasteiger partial charge on any atom is 0.332 e. The first-order valence-electron chi connectivity index (χ1n) is 6.19. The van der Waals surface area contributed by atoms with Gasteiger partial charge in [0.25, 0.3) is 5.56 Å². The summed E-state index contributed by atoms with van der Waals surface area (Å²) in [5, 5.41) is 8.79. The van der Waals surface area contributed by atoms with Crippen molar-refractivity contribution < 1.29 is 5.48 Å². The molecule has 0 aliphatic heterocycles. The molecule has 22 heavy (non-hydrogen) atoms. The fraction of sp³-hybridized carbons (Fsp3) is 0.143. The molecule has 0 atom stereocenters. The molecule has 0 saturated carbocycles. The Morgan fingerprint density at radius 3 is 2.36 bits per heavy atom. The predicted octanol–water partition coefficient (Wildman–Crippen LogP) is -0.326. The average molecular weight is 299 g/mol. The number of aryl methyl sites for hydroxylation is 1. The smallest absolute Gasteiger partial charge is 0.332 e. The molecule has 2 aromatic heterocycles. The molecule has 0 saturated heterocycles. The second-order valence-electron chi connectivity index (χ2n) is 4.68. The van der Waals surface area contributed by atoms with Crippen molar-refractivity contribution in [3.63, 3.8) is 0 Å². The second kappa shape index (κ2) is 5.31. The Hall–Kier alpha value is -3.18. The van der Waals surface area contributed by atoms with Crippen LogP contribution in [0.2, 0.25) is 0 Å². The van der Waals surface area contributed by atoms with E-state index < -0.39 is 11.2 Å². The Balaban J connectivity index is 0.00000176. The number of fused-ring (bicyclic) bond motifs is 1. The number of nitriles is 1. The lowest BCUT2D eigenvalue weighted by Crippen LogP contribution is -2.36. The fourth-order valence-corrected chi connectivity index (χ4v) is 2.17. The summed E-state index contributed by atoms with van der Waals surface area (Å²) in [5.41, 5.74) is 1.02. The minimum Gasteiger partial charge on any atom is -0.412 e. The highest BCUT2D eigenvalue weighted by molar-refractivity contribution is 5.75. The van der Waals surface area contributed by atoms with Crippen LogP contribution in [0.5, 0.6) is 0 Å². The highest BCUT2D eigenvalue weighted by Gasteiger charge is 2.14. The van der Waals surface area contributed by atoms with Crippen molar-refractivity contribution >= 4 is 11.2 Å². The number of aromatic nitrogens is 4. The van der Waals surface area contributed by atoms with Crippen molar-refractivity contribution in [3.05, 3.63) is 50.7 Å². The van der Waals surface area contributed by atoms with Crippen LogP contribution in [0.25, 0.3) is 22.6 Å². The summed E-state index contributed by atoms with van der Waals surface area (Å²) >= 11 is 0. The van der Waals surface area contributed by atoms with E-state index in [1.54, 1.807) is 31.3 Å². The monoisotopic (exact) mass is 299 g/mol. The molecule has 3 N–H and O–H groups in total. The van der Waals surface area contributed by atoms with Crippen LogP contribution in [0.1, 0.15) is 5.56 Å². The third-order valence-electron chi connectivity index (χ3n) is 3.38. The van der Waals surface area contributed by atoms with Gasteiger partial charge in [-0.05, 0) is 24.3 Å². The summed E-state index contributed by atoms with van der Waals surface area (Å²) in [6.45, 7) is 0. The molecule has 0 unspecified atom stereocenters. The van der Waals surface area contributed by atoms with E-state index in [1.807, 2.05) is 6.07 Å². The van der Waals surface area contributed by atoms with Gasteiger partial charge in [-0.15, -0.1) is 0 Å². The van der Waals surface area contributed by atoms with Crippen LogP contribution in [0.15, 0.2) is 33.9 Å². The van der Waals surface area contributed by atoms with Crippen LogP contribution in [-0.4, -0.2) is 24.6 Å². The molecule has 0 bridgehead atoms. The Morgan fingerprint density at radius 2 is 1.77 bits per heavy atom. The molecule has 3 rings (SSSR count). The first kappa shape index (κ1) is 15.2. The largest absolute Gasteiger partial charge is 0.412 e. The normalized spacial score (nSPS) is 10.2. The maximum atomic E-state index is 12.1. The van der Waals surface area contributed by atoms with Crippen LogP contribution in [-0.2, 0) is 14.1 Å². The van der Waals surface area contributed by atoms with Crippen LogP contribution in [0, 0.1) is 11.3 Å². The third kappa shape index (κ3) is 2.10. The molecule has 8 nitrogen and oxygen atoms in total. The van der Waals surface area contributed by atoms with E-state index in [-0.39, 0.29) is 11.0 Å². The minimum absolute atomic E-state index is 0. The standard InChI is InChI=1S/C14H11N5O2.H2O/c1-18-12-10(13(20)19(2)14(18)21)16-11(17-12)9-5-3-8(7-15)4-6-9;/h3-6H,1-2H3,(H,16,17);1H2. The number of nitrogens with zero attached hydrogens (tertiary/aromatic N) is 4. The highest BCUT2D eigenvalue weighted by atomic mass is 16.2. The number of imidazole rings is 1. The molecule has 2 heterocycles. The minimum atomic E-state index is -0.426. The molecule has 0 amide bonds. The summed E-state index contributed by atoms with van der Waals surface area (Å²) in [6, 6.07) is 8.84. The van der Waals surface area contributed by atoms with Crippen molar-refractivity contribution in [3.8, 4) is 17.5 Å². The van der Waals surface area contributed by atoms with E-state index in [0.717, 1.165) is 10.1 Å². The number of hydrogen-bond donors (Lipinski definition) is 1. The fourth-order valence-electron chi connectivity index (χ4n) is 2.17. The highest BCUT2D eigenvalue weighted by Crippen LogP contribution is 2.18. The Bertz CT molecular complexity index is 1000. The van der Waals surface area contributed by atoms with E-state index in [9.17, 15) is 9.59 Å². The Morgan fingerprint density at radius 1 is 1.14 bits per heavy atom. The number of rotatable bonds is 1. The van der Waals surface area contributed by atoms with E-state index in [4.69, 9.17) is 5.26 Å². The quantitative estimate of drug-likeness (QED) is 0.660. The molecule has 1 aromatic carbocycles. The van der Waals surface area contributed by atoms with Gasteiger partial charge in [-0.25, -0.2) is 9.78 Å². The first-order valence-corrected chi connectivity index (χ1v) is 6.19. The summed E-state index contributed by atoms with van der Waals surface area (Å²) in [7, 11) is 2.99. The summed E-state index contributed by atoms with van der Waals surface area (Å²) in [6.07, 6.45) is 0. The van der Waals surface area contributed by atoms with E-state index in [2.05, 4.69) is 9.97 Å².